The summed E-state index contributed by atoms with van der Waals surface area (Å²) in [5.41, 5.74) is 5.89. The van der Waals surface area contributed by atoms with Crippen LogP contribution < -0.4 is 25.6 Å². The first-order chi connectivity index (χ1) is 13.2. The van der Waals surface area contributed by atoms with E-state index in [1.165, 1.54) is 11.1 Å². The highest BCUT2D eigenvalue weighted by Crippen LogP contribution is 2.24. The Morgan fingerprint density at radius 3 is 2.74 bits per heavy atom. The maximum atomic E-state index is 5.92. The second-order valence-electron chi connectivity index (χ2n) is 6.39. The van der Waals surface area contributed by atoms with Gasteiger partial charge in [0, 0.05) is 31.6 Å². The molecule has 7 nitrogen and oxygen atoms in total. The number of hydrazine groups is 1. The summed E-state index contributed by atoms with van der Waals surface area (Å²) in [6.45, 7) is 5.70. The van der Waals surface area contributed by atoms with E-state index in [1.54, 1.807) is 7.11 Å². The van der Waals surface area contributed by atoms with E-state index in [-0.39, 0.29) is 0 Å². The first kappa shape index (κ1) is 19.3. The molecular formula is C20H28N4O3. The average molecular weight is 372 g/mol. The van der Waals surface area contributed by atoms with Crippen molar-refractivity contribution in [2.45, 2.75) is 19.8 Å². The van der Waals surface area contributed by atoms with Crippen LogP contribution >= 0.6 is 0 Å². The van der Waals surface area contributed by atoms with Gasteiger partial charge in [0.15, 0.2) is 0 Å². The van der Waals surface area contributed by atoms with Gasteiger partial charge in [-0.2, -0.15) is 4.98 Å². The largest absolute Gasteiger partial charge is 0.496 e. The highest BCUT2D eigenvalue weighted by Gasteiger charge is 2.14. The van der Waals surface area contributed by atoms with Gasteiger partial charge in [-0.05, 0) is 23.6 Å². The maximum absolute atomic E-state index is 5.92. The first-order valence-corrected chi connectivity index (χ1v) is 9.33. The number of nitrogens with two attached hydrogens (primary N) is 1. The van der Waals surface area contributed by atoms with E-state index >= 15 is 0 Å². The van der Waals surface area contributed by atoms with Gasteiger partial charge in [0.1, 0.15) is 11.6 Å². The number of nitrogens with one attached hydrogen (secondary N) is 1. The number of nitrogen functional groups attached to an aromatic ring is 1. The Kier molecular flexibility index (Phi) is 6.73. The van der Waals surface area contributed by atoms with E-state index in [1.807, 2.05) is 18.2 Å². The van der Waals surface area contributed by atoms with E-state index in [2.05, 4.69) is 34.4 Å². The van der Waals surface area contributed by atoms with E-state index < -0.39 is 0 Å². The standard InChI is InChI=1S/C20H28N4O3/c1-3-16-12-15(4-5-18(16)25-2)6-9-27-20-14-17(23-21)13-19(22-20)24-7-10-26-11-8-24/h4-5,12-14H,3,6-11,21H2,1-2H3,(H,22,23). The number of pyridine rings is 1. The molecule has 0 bridgehead atoms. The molecule has 0 unspecified atom stereocenters. The summed E-state index contributed by atoms with van der Waals surface area (Å²) < 4.78 is 16.7. The van der Waals surface area contributed by atoms with Crippen molar-refractivity contribution in [2.24, 2.45) is 5.84 Å². The molecule has 0 aliphatic carbocycles. The summed E-state index contributed by atoms with van der Waals surface area (Å²) in [5, 5.41) is 0. The van der Waals surface area contributed by atoms with Crippen molar-refractivity contribution in [1.29, 1.82) is 0 Å². The lowest BCUT2D eigenvalue weighted by molar-refractivity contribution is 0.122. The first-order valence-electron chi connectivity index (χ1n) is 9.33. The van der Waals surface area contributed by atoms with Crippen molar-refractivity contribution >= 4 is 11.5 Å². The number of nitrogens with zero attached hydrogens (tertiary/aromatic N) is 2. The van der Waals surface area contributed by atoms with Crippen LogP contribution in [0, 0.1) is 0 Å². The third-order valence-electron chi connectivity index (χ3n) is 4.66. The van der Waals surface area contributed by atoms with Gasteiger partial charge in [-0.1, -0.05) is 19.1 Å². The number of ether oxygens (including phenoxy) is 3. The van der Waals surface area contributed by atoms with E-state index in [0.717, 1.165) is 43.2 Å². The minimum Gasteiger partial charge on any atom is -0.496 e. The van der Waals surface area contributed by atoms with Gasteiger partial charge < -0.3 is 24.5 Å². The van der Waals surface area contributed by atoms with Crippen LogP contribution in [0.5, 0.6) is 11.6 Å². The molecule has 7 heteroatoms. The summed E-state index contributed by atoms with van der Waals surface area (Å²) in [6, 6.07) is 10.0. The van der Waals surface area contributed by atoms with Crippen LogP contribution in [0.4, 0.5) is 11.5 Å². The molecule has 1 fully saturated rings. The molecule has 3 rings (SSSR count). The van der Waals surface area contributed by atoms with Gasteiger partial charge in [-0.25, -0.2) is 0 Å². The summed E-state index contributed by atoms with van der Waals surface area (Å²) in [7, 11) is 1.70. The molecule has 1 aliphatic heterocycles. The highest BCUT2D eigenvalue weighted by atomic mass is 16.5. The normalized spacial score (nSPS) is 14.1. The number of rotatable bonds is 8. The third kappa shape index (κ3) is 5.02. The second-order valence-corrected chi connectivity index (χ2v) is 6.39. The number of aromatic nitrogens is 1. The Bertz CT molecular complexity index is 748. The lowest BCUT2D eigenvalue weighted by Crippen LogP contribution is -2.36. The zero-order valence-corrected chi connectivity index (χ0v) is 16.0. The Hall–Kier alpha value is -2.51. The van der Waals surface area contributed by atoms with Crippen molar-refractivity contribution in [1.82, 2.24) is 4.98 Å². The third-order valence-corrected chi connectivity index (χ3v) is 4.66. The van der Waals surface area contributed by atoms with Crippen LogP contribution in [-0.4, -0.2) is 45.0 Å². The Morgan fingerprint density at radius 2 is 2.04 bits per heavy atom. The molecule has 0 spiro atoms. The zero-order valence-electron chi connectivity index (χ0n) is 16.0. The summed E-state index contributed by atoms with van der Waals surface area (Å²) >= 11 is 0. The smallest absolute Gasteiger partial charge is 0.217 e. The van der Waals surface area contributed by atoms with Gasteiger partial charge in [0.25, 0.3) is 0 Å². The number of aryl methyl sites for hydroxylation is 1. The monoisotopic (exact) mass is 372 g/mol. The molecule has 1 aromatic carbocycles. The van der Waals surface area contributed by atoms with Gasteiger partial charge in [0.2, 0.25) is 5.88 Å². The Labute approximate surface area is 160 Å². The van der Waals surface area contributed by atoms with Gasteiger partial charge in [-0.3, -0.25) is 5.84 Å². The SMILES string of the molecule is CCc1cc(CCOc2cc(NN)cc(N3CCOCC3)n2)ccc1OC. The summed E-state index contributed by atoms with van der Waals surface area (Å²) in [6.07, 6.45) is 1.73. The van der Waals surface area contributed by atoms with Crippen molar-refractivity contribution in [3.05, 3.63) is 41.5 Å². The number of benzene rings is 1. The fourth-order valence-corrected chi connectivity index (χ4v) is 3.14. The molecule has 2 heterocycles. The number of methoxy groups -OCH3 is 1. The molecule has 3 N–H and O–H groups in total. The molecular weight excluding hydrogens is 344 g/mol. The molecule has 0 atom stereocenters. The van der Waals surface area contributed by atoms with Crippen molar-refractivity contribution < 1.29 is 14.2 Å². The number of morpholine rings is 1. The molecule has 0 amide bonds. The lowest BCUT2D eigenvalue weighted by atomic mass is 10.1. The Balaban J connectivity index is 1.65. The molecule has 0 radical (unpaired) electrons. The quantitative estimate of drug-likeness (QED) is 0.544. The van der Waals surface area contributed by atoms with Crippen LogP contribution in [0.25, 0.3) is 0 Å². The number of anilines is 2. The highest BCUT2D eigenvalue weighted by molar-refractivity contribution is 5.56. The van der Waals surface area contributed by atoms with Gasteiger partial charge in [-0.15, -0.1) is 0 Å². The molecule has 146 valence electrons. The molecule has 2 aromatic rings. The van der Waals surface area contributed by atoms with Gasteiger partial charge >= 0.3 is 0 Å². The molecule has 1 aliphatic rings. The second kappa shape index (κ2) is 9.43. The molecule has 0 saturated carbocycles. The van der Waals surface area contributed by atoms with Crippen molar-refractivity contribution in [3.8, 4) is 11.6 Å². The fraction of sp³-hybridized carbons (Fsp3) is 0.450. The van der Waals surface area contributed by atoms with E-state index in [0.29, 0.717) is 25.7 Å². The lowest BCUT2D eigenvalue weighted by Gasteiger charge is -2.28. The molecule has 1 saturated heterocycles. The maximum Gasteiger partial charge on any atom is 0.217 e. The number of hydrogen-bond donors (Lipinski definition) is 2. The minimum absolute atomic E-state index is 0.541. The zero-order chi connectivity index (χ0) is 19.1. The topological polar surface area (TPSA) is 81.9 Å². The minimum atomic E-state index is 0.541. The summed E-state index contributed by atoms with van der Waals surface area (Å²) in [5.74, 6) is 7.95. The van der Waals surface area contributed by atoms with Crippen molar-refractivity contribution in [3.63, 3.8) is 0 Å². The predicted molar refractivity (Wildman–Crippen MR) is 107 cm³/mol. The van der Waals surface area contributed by atoms with E-state index in [4.69, 9.17) is 20.1 Å². The predicted octanol–water partition coefficient (Wildman–Crippen LogP) is 2.40. The Morgan fingerprint density at radius 1 is 1.22 bits per heavy atom. The summed E-state index contributed by atoms with van der Waals surface area (Å²) in [4.78, 5) is 6.80. The fourth-order valence-electron chi connectivity index (χ4n) is 3.14. The van der Waals surface area contributed by atoms with Crippen molar-refractivity contribution in [2.75, 3.05) is 50.3 Å². The van der Waals surface area contributed by atoms with Gasteiger partial charge in [0.05, 0.1) is 32.6 Å². The molecule has 27 heavy (non-hydrogen) atoms. The van der Waals surface area contributed by atoms with Crippen LogP contribution in [0.2, 0.25) is 0 Å². The van der Waals surface area contributed by atoms with E-state index in [9.17, 15) is 0 Å². The van der Waals surface area contributed by atoms with Crippen LogP contribution in [0.1, 0.15) is 18.1 Å². The van der Waals surface area contributed by atoms with Crippen LogP contribution in [-0.2, 0) is 17.6 Å². The number of hydrogen-bond acceptors (Lipinski definition) is 7. The van der Waals surface area contributed by atoms with Crippen LogP contribution in [0.3, 0.4) is 0 Å². The molecule has 1 aromatic heterocycles. The van der Waals surface area contributed by atoms with Crippen LogP contribution in [0.15, 0.2) is 30.3 Å². The average Bonchev–Trinajstić information content (AvgIpc) is 2.74.